The molecule has 1 amide bonds. The van der Waals surface area contributed by atoms with Gasteiger partial charge < -0.3 is 15.0 Å². The van der Waals surface area contributed by atoms with Gasteiger partial charge in [-0.05, 0) is 51.5 Å². The Labute approximate surface area is 116 Å². The van der Waals surface area contributed by atoms with E-state index in [4.69, 9.17) is 4.74 Å². The Morgan fingerprint density at radius 2 is 2.11 bits per heavy atom. The number of amides is 1. The largest absolute Gasteiger partial charge is 0.382 e. The van der Waals surface area contributed by atoms with Crippen LogP contribution in [0.4, 0.5) is 0 Å². The Morgan fingerprint density at radius 1 is 1.32 bits per heavy atom. The van der Waals surface area contributed by atoms with Crippen molar-refractivity contribution >= 4 is 5.91 Å². The van der Waals surface area contributed by atoms with Crippen LogP contribution in [0.2, 0.25) is 0 Å². The van der Waals surface area contributed by atoms with Gasteiger partial charge in [0.2, 0.25) is 5.91 Å². The number of carbonyl (C=O) groups excluding carboxylic acids is 1. The molecule has 110 valence electrons. The maximum Gasteiger partial charge on any atom is 0.222 e. The molecule has 0 radical (unpaired) electrons. The average Bonchev–Trinajstić information content (AvgIpc) is 2.98. The van der Waals surface area contributed by atoms with Gasteiger partial charge in [0.25, 0.3) is 0 Å². The molecule has 0 aromatic rings. The van der Waals surface area contributed by atoms with Gasteiger partial charge in [0.15, 0.2) is 0 Å². The second kappa shape index (κ2) is 7.85. The molecule has 0 saturated carbocycles. The minimum atomic E-state index is 0.317. The lowest BCUT2D eigenvalue weighted by Gasteiger charge is -2.35. The van der Waals surface area contributed by atoms with Crippen LogP contribution in [0.3, 0.4) is 0 Å². The first-order chi connectivity index (χ1) is 9.31. The van der Waals surface area contributed by atoms with E-state index in [1.54, 1.807) is 0 Å². The molecule has 0 aromatic heterocycles. The quantitative estimate of drug-likeness (QED) is 0.747. The lowest BCUT2D eigenvalue weighted by molar-refractivity contribution is -0.133. The molecule has 2 heterocycles. The van der Waals surface area contributed by atoms with Crippen molar-refractivity contribution in [3.63, 3.8) is 0 Å². The normalized spacial score (nSPS) is 24.9. The van der Waals surface area contributed by atoms with E-state index in [2.05, 4.69) is 10.2 Å². The van der Waals surface area contributed by atoms with Crippen molar-refractivity contribution in [1.82, 2.24) is 10.2 Å². The molecule has 1 N–H and O–H groups in total. The summed E-state index contributed by atoms with van der Waals surface area (Å²) in [6, 6.07) is 0.718. The third kappa shape index (κ3) is 4.46. The molecule has 4 heteroatoms. The number of nitrogens with one attached hydrogen (secondary N) is 1. The van der Waals surface area contributed by atoms with Gasteiger partial charge in [0.05, 0.1) is 0 Å². The zero-order valence-electron chi connectivity index (χ0n) is 12.2. The number of hydrogen-bond acceptors (Lipinski definition) is 3. The molecule has 0 aromatic carbocycles. The molecule has 0 bridgehead atoms. The van der Waals surface area contributed by atoms with Gasteiger partial charge in [-0.2, -0.15) is 0 Å². The highest BCUT2D eigenvalue weighted by Gasteiger charge is 2.29. The second-order valence-electron chi connectivity index (χ2n) is 5.72. The SMILES string of the molecule is CCOCCCC(=O)N1CCC(C2CCCN2)CC1. The van der Waals surface area contributed by atoms with Crippen molar-refractivity contribution in [1.29, 1.82) is 0 Å². The van der Waals surface area contributed by atoms with Crippen LogP contribution in [-0.2, 0) is 9.53 Å². The summed E-state index contributed by atoms with van der Waals surface area (Å²) in [6.07, 6.45) is 6.50. The predicted octanol–water partition coefficient (Wildman–Crippen LogP) is 1.79. The predicted molar refractivity (Wildman–Crippen MR) is 76.1 cm³/mol. The van der Waals surface area contributed by atoms with E-state index >= 15 is 0 Å². The average molecular weight is 268 g/mol. The number of nitrogens with zero attached hydrogens (tertiary/aromatic N) is 1. The van der Waals surface area contributed by atoms with Crippen LogP contribution in [0.5, 0.6) is 0 Å². The molecule has 1 atom stereocenters. The van der Waals surface area contributed by atoms with E-state index in [0.717, 1.165) is 38.1 Å². The van der Waals surface area contributed by atoms with E-state index in [-0.39, 0.29) is 0 Å². The highest BCUT2D eigenvalue weighted by molar-refractivity contribution is 5.76. The Hall–Kier alpha value is -0.610. The maximum atomic E-state index is 12.0. The molecule has 2 rings (SSSR count). The molecule has 2 aliphatic rings. The van der Waals surface area contributed by atoms with Crippen molar-refractivity contribution in [2.75, 3.05) is 32.8 Å². The van der Waals surface area contributed by atoms with E-state index in [0.29, 0.717) is 18.9 Å². The monoisotopic (exact) mass is 268 g/mol. The first-order valence-corrected chi connectivity index (χ1v) is 7.90. The standard InChI is InChI=1S/C15H28N2O2/c1-2-19-12-4-6-15(18)17-10-7-13(8-11-17)14-5-3-9-16-14/h13-14,16H,2-12H2,1H3. The molecule has 2 saturated heterocycles. The van der Waals surface area contributed by atoms with Crippen LogP contribution in [0, 0.1) is 5.92 Å². The summed E-state index contributed by atoms with van der Waals surface area (Å²) in [5.41, 5.74) is 0. The first-order valence-electron chi connectivity index (χ1n) is 7.90. The molecule has 19 heavy (non-hydrogen) atoms. The van der Waals surface area contributed by atoms with Crippen LogP contribution in [-0.4, -0.2) is 49.7 Å². The van der Waals surface area contributed by atoms with Crippen molar-refractivity contribution in [2.45, 2.75) is 51.5 Å². The molecular weight excluding hydrogens is 240 g/mol. The molecule has 2 aliphatic heterocycles. The van der Waals surface area contributed by atoms with Gasteiger partial charge >= 0.3 is 0 Å². The van der Waals surface area contributed by atoms with E-state index in [1.807, 2.05) is 6.92 Å². The first kappa shape index (κ1) is 14.8. The molecule has 0 aliphatic carbocycles. The summed E-state index contributed by atoms with van der Waals surface area (Å²) in [4.78, 5) is 14.1. The summed E-state index contributed by atoms with van der Waals surface area (Å²) in [6.45, 7) is 6.54. The Morgan fingerprint density at radius 3 is 2.74 bits per heavy atom. The molecule has 1 unspecified atom stereocenters. The van der Waals surface area contributed by atoms with Crippen molar-refractivity contribution in [2.24, 2.45) is 5.92 Å². The van der Waals surface area contributed by atoms with Gasteiger partial charge in [-0.3, -0.25) is 4.79 Å². The van der Waals surface area contributed by atoms with Crippen molar-refractivity contribution in [3.05, 3.63) is 0 Å². The Bertz CT molecular complexity index is 269. The van der Waals surface area contributed by atoms with Crippen LogP contribution in [0.1, 0.15) is 45.4 Å². The number of hydrogen-bond donors (Lipinski definition) is 1. The molecular formula is C15H28N2O2. The molecule has 0 spiro atoms. The van der Waals surface area contributed by atoms with Crippen LogP contribution in [0.15, 0.2) is 0 Å². The second-order valence-corrected chi connectivity index (χ2v) is 5.72. The van der Waals surface area contributed by atoms with Gasteiger partial charge in [0, 0.05) is 38.8 Å². The van der Waals surface area contributed by atoms with E-state index < -0.39 is 0 Å². The Kier molecular flexibility index (Phi) is 6.11. The summed E-state index contributed by atoms with van der Waals surface area (Å²) >= 11 is 0. The number of ether oxygens (including phenoxy) is 1. The van der Waals surface area contributed by atoms with Crippen molar-refractivity contribution in [3.8, 4) is 0 Å². The summed E-state index contributed by atoms with van der Waals surface area (Å²) in [5, 5.41) is 3.60. The summed E-state index contributed by atoms with van der Waals surface area (Å²) in [7, 11) is 0. The number of carbonyl (C=O) groups is 1. The van der Waals surface area contributed by atoms with E-state index in [1.165, 1.54) is 32.2 Å². The number of piperidine rings is 1. The maximum absolute atomic E-state index is 12.0. The number of likely N-dealkylation sites (tertiary alicyclic amines) is 1. The van der Waals surface area contributed by atoms with Gasteiger partial charge in [-0.15, -0.1) is 0 Å². The summed E-state index contributed by atoms with van der Waals surface area (Å²) in [5.74, 6) is 1.10. The fourth-order valence-electron chi connectivity index (χ4n) is 3.29. The smallest absolute Gasteiger partial charge is 0.222 e. The lowest BCUT2D eigenvalue weighted by Crippen LogP contribution is -2.43. The van der Waals surface area contributed by atoms with Crippen LogP contribution in [0.25, 0.3) is 0 Å². The van der Waals surface area contributed by atoms with Crippen LogP contribution >= 0.6 is 0 Å². The Balaban J connectivity index is 1.63. The highest BCUT2D eigenvalue weighted by atomic mass is 16.5. The van der Waals surface area contributed by atoms with Gasteiger partial charge in [-0.1, -0.05) is 0 Å². The third-order valence-corrected chi connectivity index (χ3v) is 4.44. The minimum absolute atomic E-state index is 0.317. The highest BCUT2D eigenvalue weighted by Crippen LogP contribution is 2.25. The third-order valence-electron chi connectivity index (χ3n) is 4.44. The minimum Gasteiger partial charge on any atom is -0.382 e. The molecule has 4 nitrogen and oxygen atoms in total. The fraction of sp³-hybridized carbons (Fsp3) is 0.933. The number of rotatable bonds is 6. The summed E-state index contributed by atoms with van der Waals surface area (Å²) < 4.78 is 5.28. The zero-order valence-corrected chi connectivity index (χ0v) is 12.2. The van der Waals surface area contributed by atoms with Gasteiger partial charge in [0.1, 0.15) is 0 Å². The zero-order chi connectivity index (χ0) is 13.5. The molecule has 2 fully saturated rings. The van der Waals surface area contributed by atoms with E-state index in [9.17, 15) is 4.79 Å². The lowest BCUT2D eigenvalue weighted by atomic mass is 9.88. The van der Waals surface area contributed by atoms with Gasteiger partial charge in [-0.25, -0.2) is 0 Å². The fourth-order valence-corrected chi connectivity index (χ4v) is 3.29. The topological polar surface area (TPSA) is 41.6 Å². The van der Waals surface area contributed by atoms with Crippen LogP contribution < -0.4 is 5.32 Å². The van der Waals surface area contributed by atoms with Crippen molar-refractivity contribution < 1.29 is 9.53 Å².